The Balaban J connectivity index is 0.765. The van der Waals surface area contributed by atoms with Crippen LogP contribution in [0.3, 0.4) is 0 Å². The minimum atomic E-state index is 0.0191. The maximum absolute atomic E-state index is 7.22. The van der Waals surface area contributed by atoms with E-state index in [1.165, 1.54) is 99.5 Å². The van der Waals surface area contributed by atoms with E-state index in [1.54, 1.807) is 0 Å². The summed E-state index contributed by atoms with van der Waals surface area (Å²) in [5.41, 5.74) is 29.6. The number of fused-ring (bicyclic) bond motifs is 8. The molecular weight excluding hydrogens is 942 g/mol. The highest BCUT2D eigenvalue weighted by atomic mass is 16.5. The Bertz CT molecular complexity index is 4360. The summed E-state index contributed by atoms with van der Waals surface area (Å²) >= 11 is 0. The van der Waals surface area contributed by atoms with Crippen molar-refractivity contribution in [1.82, 2.24) is 0 Å². The molecule has 0 saturated heterocycles. The molecule has 16 rings (SSSR count). The molecule has 4 heteroatoms. The Labute approximate surface area is 456 Å². The molecule has 0 saturated carbocycles. The second-order valence-electron chi connectivity index (χ2n) is 21.3. The predicted octanol–water partition coefficient (Wildman–Crippen LogP) is 14.4. The zero-order valence-corrected chi connectivity index (χ0v) is 42.8. The number of rotatable bonds is 7. The van der Waals surface area contributed by atoms with Crippen molar-refractivity contribution in [1.29, 1.82) is 0 Å². The smallest absolute Gasteiger partial charge is 0.251 e. The zero-order chi connectivity index (χ0) is 51.3. The average Bonchev–Trinajstić information content (AvgIpc) is 3.62. The quantitative estimate of drug-likeness (QED) is 0.148. The van der Waals surface area contributed by atoms with Crippen LogP contribution in [-0.2, 0) is 12.8 Å². The van der Waals surface area contributed by atoms with Crippen molar-refractivity contribution in [3.05, 3.63) is 289 Å². The van der Waals surface area contributed by atoms with Crippen molar-refractivity contribution in [2.24, 2.45) is 0 Å². The molecule has 0 unspecified atom stereocenters. The van der Waals surface area contributed by atoms with Gasteiger partial charge in [-0.2, -0.15) is 0 Å². The van der Waals surface area contributed by atoms with E-state index in [0.717, 1.165) is 69.2 Å². The number of ether oxygens (including phenoxy) is 2. The fourth-order valence-corrected chi connectivity index (χ4v) is 13.4. The summed E-state index contributed by atoms with van der Waals surface area (Å²) in [5.74, 6) is 3.80. The molecule has 78 heavy (non-hydrogen) atoms. The first-order valence-corrected chi connectivity index (χ1v) is 27.3. The molecule has 0 atom stereocenters. The molecule has 0 fully saturated rings. The third-order valence-corrected chi connectivity index (χ3v) is 17.1. The van der Waals surface area contributed by atoms with Gasteiger partial charge in [0.25, 0.3) is 13.4 Å². The minimum Gasteiger partial charge on any atom is -0.458 e. The highest BCUT2D eigenvalue weighted by molar-refractivity contribution is 6.98. The third kappa shape index (κ3) is 7.21. The molecule has 362 valence electrons. The third-order valence-electron chi connectivity index (χ3n) is 17.1. The molecule has 4 heterocycles. The van der Waals surface area contributed by atoms with Crippen molar-refractivity contribution in [2.75, 3.05) is 0 Å². The fraction of sp³-hybridized carbons (Fsp3) is 0.0270. The summed E-state index contributed by atoms with van der Waals surface area (Å²) in [6.45, 7) is 0.0415. The molecular formula is C74H48B2O2. The molecule has 12 aromatic rings. The Morgan fingerprint density at radius 2 is 0.667 bits per heavy atom. The van der Waals surface area contributed by atoms with Gasteiger partial charge in [0, 0.05) is 16.7 Å². The number of hydrogen-bond acceptors (Lipinski definition) is 2. The summed E-state index contributed by atoms with van der Waals surface area (Å²) in [6, 6.07) is 97.9. The molecule has 0 amide bonds. The molecule has 4 aliphatic heterocycles. The minimum absolute atomic E-state index is 0.0191. The van der Waals surface area contributed by atoms with Gasteiger partial charge in [0.05, 0.1) is 0 Å². The summed E-state index contributed by atoms with van der Waals surface area (Å²) < 4.78 is 14.3. The summed E-state index contributed by atoms with van der Waals surface area (Å²) in [7, 11) is 0. The van der Waals surface area contributed by atoms with Crippen molar-refractivity contribution in [2.45, 2.75) is 12.8 Å². The van der Waals surface area contributed by atoms with Crippen molar-refractivity contribution in [3.8, 4) is 101 Å². The Hall–Kier alpha value is -9.63. The van der Waals surface area contributed by atoms with Gasteiger partial charge in [0.1, 0.15) is 23.0 Å². The largest absolute Gasteiger partial charge is 0.458 e. The van der Waals surface area contributed by atoms with Crippen LogP contribution in [-0.4, -0.2) is 13.4 Å². The summed E-state index contributed by atoms with van der Waals surface area (Å²) in [4.78, 5) is 0. The van der Waals surface area contributed by atoms with E-state index in [0.29, 0.717) is 0 Å². The highest BCUT2D eigenvalue weighted by Crippen LogP contribution is 2.43. The molecule has 2 nitrogen and oxygen atoms in total. The van der Waals surface area contributed by atoms with Gasteiger partial charge in [-0.05, 0) is 130 Å². The normalized spacial score (nSPS) is 12.9. The van der Waals surface area contributed by atoms with Crippen LogP contribution in [0.25, 0.3) is 77.9 Å². The van der Waals surface area contributed by atoms with E-state index in [1.807, 2.05) is 0 Å². The van der Waals surface area contributed by atoms with Crippen LogP contribution in [0.5, 0.6) is 23.0 Å². The lowest BCUT2D eigenvalue weighted by Gasteiger charge is -2.35. The summed E-state index contributed by atoms with van der Waals surface area (Å²) in [6.07, 6.45) is 1.69. The van der Waals surface area contributed by atoms with Crippen LogP contribution in [0.4, 0.5) is 0 Å². The zero-order valence-electron chi connectivity index (χ0n) is 42.8. The van der Waals surface area contributed by atoms with Crippen LogP contribution in [0, 0.1) is 0 Å². The number of benzene rings is 12. The van der Waals surface area contributed by atoms with E-state index in [9.17, 15) is 0 Å². The van der Waals surface area contributed by atoms with Crippen LogP contribution in [0.2, 0.25) is 0 Å². The van der Waals surface area contributed by atoms with Gasteiger partial charge in [-0.3, -0.25) is 0 Å². The van der Waals surface area contributed by atoms with E-state index < -0.39 is 0 Å². The molecule has 0 bridgehead atoms. The average molecular weight is 991 g/mol. The molecule has 4 aliphatic rings. The topological polar surface area (TPSA) is 18.5 Å². The van der Waals surface area contributed by atoms with Gasteiger partial charge in [-0.15, -0.1) is 0 Å². The monoisotopic (exact) mass is 990 g/mol. The first-order valence-electron chi connectivity index (χ1n) is 27.3. The lowest BCUT2D eigenvalue weighted by molar-refractivity contribution is 0.488. The number of para-hydroxylation sites is 2. The SMILES string of the molecule is c1ccc(-c2ccc3c(c2)B2c4cccc(-c5ccccc5)c4Oc4ccc(-c5cccc(-c6ccc(-c7ccc8c(c7)B7c9cccc(-c%10ccccc%10)c9Oc9c(-c%10ccccc%10)ccc(c97)C8)cc6)c5)c(c42)C3)cc1. The van der Waals surface area contributed by atoms with Gasteiger partial charge in [-0.25, -0.2) is 0 Å². The molecule has 12 aromatic carbocycles. The van der Waals surface area contributed by atoms with Crippen molar-refractivity contribution < 1.29 is 9.47 Å². The molecule has 0 aliphatic carbocycles. The predicted molar refractivity (Wildman–Crippen MR) is 325 cm³/mol. The van der Waals surface area contributed by atoms with E-state index in [-0.39, 0.29) is 13.4 Å². The lowest BCUT2D eigenvalue weighted by Crippen LogP contribution is -2.59. The second-order valence-corrected chi connectivity index (χ2v) is 21.3. The molecule has 0 aromatic heterocycles. The van der Waals surface area contributed by atoms with Crippen molar-refractivity contribution in [3.63, 3.8) is 0 Å². The van der Waals surface area contributed by atoms with E-state index >= 15 is 0 Å². The second kappa shape index (κ2) is 18.0. The number of hydrogen-bond donors (Lipinski definition) is 0. The van der Waals surface area contributed by atoms with Crippen LogP contribution < -0.4 is 42.3 Å². The molecule has 0 N–H and O–H groups in total. The molecule has 0 radical (unpaired) electrons. The summed E-state index contributed by atoms with van der Waals surface area (Å²) in [5, 5.41) is 0. The lowest BCUT2D eigenvalue weighted by atomic mass is 9.32. The molecule has 0 spiro atoms. The van der Waals surface area contributed by atoms with Gasteiger partial charge in [0.15, 0.2) is 0 Å². The van der Waals surface area contributed by atoms with Crippen LogP contribution >= 0.6 is 0 Å². The van der Waals surface area contributed by atoms with Crippen LogP contribution in [0.1, 0.15) is 22.3 Å². The van der Waals surface area contributed by atoms with E-state index in [4.69, 9.17) is 9.47 Å². The van der Waals surface area contributed by atoms with Gasteiger partial charge >= 0.3 is 0 Å². The first-order chi connectivity index (χ1) is 38.7. The Morgan fingerprint density at radius 3 is 1.26 bits per heavy atom. The van der Waals surface area contributed by atoms with E-state index in [2.05, 4.69) is 267 Å². The van der Waals surface area contributed by atoms with Gasteiger partial charge < -0.3 is 9.47 Å². The van der Waals surface area contributed by atoms with Crippen molar-refractivity contribution >= 4 is 46.2 Å². The highest BCUT2D eigenvalue weighted by Gasteiger charge is 2.42. The van der Waals surface area contributed by atoms with Crippen LogP contribution in [0.15, 0.2) is 267 Å². The van der Waals surface area contributed by atoms with Gasteiger partial charge in [-0.1, -0.05) is 266 Å². The standard InChI is InChI=1S/C74H48B2O2/c1-5-16-47(17-6-1)54-35-37-58-44-64-60(40-41-69-71(64)76(68(58)45-54)65-28-14-26-61(72(65)77-69)50-18-7-2-8-19-50)56-25-13-24-53(42-56)48-30-32-49(33-31-48)55-34-36-57-43-59-38-39-63(52-22-11-4-12-23-52)74-70(59)75(67(57)46-55)66-29-15-27-62(73(66)78-74)51-20-9-3-10-21-51/h1-42,45-46H,43-44H2. The maximum atomic E-state index is 7.22. The first kappa shape index (κ1) is 44.6. The maximum Gasteiger partial charge on any atom is 0.251 e. The fourth-order valence-electron chi connectivity index (χ4n) is 13.4. The Morgan fingerprint density at radius 1 is 0.244 bits per heavy atom. The van der Waals surface area contributed by atoms with Gasteiger partial charge in [0.2, 0.25) is 0 Å². The Kier molecular flexibility index (Phi) is 10.3.